The molecular formula is C10H14N4O3S2. The Balaban J connectivity index is 2.56. The van der Waals surface area contributed by atoms with Crippen LogP contribution in [0.25, 0.3) is 10.7 Å². The van der Waals surface area contributed by atoms with Gasteiger partial charge in [0.2, 0.25) is 0 Å². The van der Waals surface area contributed by atoms with Gasteiger partial charge in [0, 0.05) is 7.11 Å². The van der Waals surface area contributed by atoms with Crippen molar-refractivity contribution in [1.29, 1.82) is 0 Å². The van der Waals surface area contributed by atoms with Gasteiger partial charge in [-0.1, -0.05) is 0 Å². The molecule has 7 nitrogen and oxygen atoms in total. The van der Waals surface area contributed by atoms with Crippen LogP contribution in [0.2, 0.25) is 0 Å². The maximum Gasteiger partial charge on any atom is 0.273 e. The van der Waals surface area contributed by atoms with Crippen LogP contribution in [0.5, 0.6) is 0 Å². The van der Waals surface area contributed by atoms with Crippen LogP contribution in [-0.2, 0) is 21.3 Å². The lowest BCUT2D eigenvalue weighted by molar-refractivity contribution is 0.185. The first-order valence-corrected chi connectivity index (χ1v) is 7.87. The number of nitrogens with two attached hydrogens (primary N) is 1. The molecule has 19 heavy (non-hydrogen) atoms. The third-order valence-corrected chi connectivity index (χ3v) is 4.38. The highest BCUT2D eigenvalue weighted by Gasteiger charge is 2.23. The van der Waals surface area contributed by atoms with Gasteiger partial charge in [0.25, 0.3) is 15.2 Å². The summed E-state index contributed by atoms with van der Waals surface area (Å²) in [5.74, 6) is 0.494. The molecule has 0 aromatic carbocycles. The van der Waals surface area contributed by atoms with Crippen molar-refractivity contribution in [3.8, 4) is 10.7 Å². The fraction of sp³-hybridized carbons (Fsp3) is 0.400. The average molecular weight is 302 g/mol. The van der Waals surface area contributed by atoms with Gasteiger partial charge in [-0.3, -0.25) is 4.57 Å². The van der Waals surface area contributed by atoms with Crippen LogP contribution in [0.1, 0.15) is 5.56 Å². The smallest absolute Gasteiger partial charge is 0.273 e. The van der Waals surface area contributed by atoms with E-state index in [4.69, 9.17) is 9.88 Å². The quantitative estimate of drug-likeness (QED) is 0.872. The zero-order valence-electron chi connectivity index (χ0n) is 10.5. The summed E-state index contributed by atoms with van der Waals surface area (Å²) in [5.41, 5.74) is 1.01. The number of hydrogen-bond acceptors (Lipinski definition) is 6. The molecule has 0 aliphatic heterocycles. The molecule has 2 rings (SSSR count). The fourth-order valence-electron chi connectivity index (χ4n) is 1.65. The highest BCUT2D eigenvalue weighted by molar-refractivity contribution is 7.89. The Morgan fingerprint density at radius 3 is 2.74 bits per heavy atom. The minimum absolute atomic E-state index is 0.243. The lowest BCUT2D eigenvalue weighted by Gasteiger charge is -2.08. The zero-order chi connectivity index (χ0) is 14.0. The summed E-state index contributed by atoms with van der Waals surface area (Å²) in [6.45, 7) is 2.59. The second kappa shape index (κ2) is 5.37. The highest BCUT2D eigenvalue weighted by atomic mass is 32.2. The molecule has 2 N–H and O–H groups in total. The summed E-state index contributed by atoms with van der Waals surface area (Å²) < 4.78 is 29.5. The summed E-state index contributed by atoms with van der Waals surface area (Å²) in [4.78, 5) is 0.874. The van der Waals surface area contributed by atoms with Gasteiger partial charge in [0.1, 0.15) is 0 Å². The van der Waals surface area contributed by atoms with E-state index in [2.05, 4.69) is 10.2 Å². The molecule has 2 aromatic rings. The van der Waals surface area contributed by atoms with E-state index in [0.29, 0.717) is 19.0 Å². The van der Waals surface area contributed by atoms with Crippen molar-refractivity contribution in [1.82, 2.24) is 14.8 Å². The van der Waals surface area contributed by atoms with Crippen molar-refractivity contribution in [3.63, 3.8) is 0 Å². The number of methoxy groups -OCH3 is 1. The molecule has 0 spiro atoms. The fourth-order valence-corrected chi connectivity index (χ4v) is 3.21. The van der Waals surface area contributed by atoms with Crippen molar-refractivity contribution in [3.05, 3.63) is 17.0 Å². The third-order valence-electron chi connectivity index (χ3n) is 2.56. The number of aryl methyl sites for hydroxylation is 1. The number of ether oxygens (including phenoxy) is 1. The SMILES string of the molecule is COCCn1c(-c2sccc2C)nnc1S(N)(=O)=O. The normalized spacial score (nSPS) is 11.9. The van der Waals surface area contributed by atoms with Crippen LogP contribution in [0, 0.1) is 6.92 Å². The number of sulfonamides is 1. The monoisotopic (exact) mass is 302 g/mol. The van der Waals surface area contributed by atoms with Gasteiger partial charge in [-0.25, -0.2) is 13.6 Å². The van der Waals surface area contributed by atoms with Crippen LogP contribution in [0.15, 0.2) is 16.6 Å². The molecule has 104 valence electrons. The Morgan fingerprint density at radius 1 is 1.47 bits per heavy atom. The molecular weight excluding hydrogens is 288 g/mol. The molecule has 0 amide bonds. The number of aromatic nitrogens is 3. The standard InChI is InChI=1S/C10H14N4O3S2/c1-7-3-6-18-8(7)9-12-13-10(19(11,15)16)14(9)4-5-17-2/h3,6H,4-5H2,1-2H3,(H2,11,15,16). The van der Waals surface area contributed by atoms with E-state index in [1.807, 2.05) is 18.4 Å². The van der Waals surface area contributed by atoms with Crippen molar-refractivity contribution < 1.29 is 13.2 Å². The first kappa shape index (κ1) is 14.1. The minimum Gasteiger partial charge on any atom is -0.383 e. The van der Waals surface area contributed by atoms with Crippen LogP contribution >= 0.6 is 11.3 Å². The van der Waals surface area contributed by atoms with Gasteiger partial charge < -0.3 is 4.74 Å². The maximum absolute atomic E-state index is 11.5. The Labute approximate surface area is 115 Å². The van der Waals surface area contributed by atoms with E-state index < -0.39 is 10.0 Å². The maximum atomic E-state index is 11.5. The largest absolute Gasteiger partial charge is 0.383 e. The molecule has 0 atom stereocenters. The summed E-state index contributed by atoms with van der Waals surface area (Å²) in [5, 5.41) is 14.5. The molecule has 0 saturated heterocycles. The van der Waals surface area contributed by atoms with Gasteiger partial charge in [0.15, 0.2) is 5.82 Å². The molecule has 0 fully saturated rings. The second-order valence-corrected chi connectivity index (χ2v) is 6.30. The van der Waals surface area contributed by atoms with E-state index in [1.165, 1.54) is 23.0 Å². The summed E-state index contributed by atoms with van der Waals surface area (Å²) in [6, 6.07) is 1.94. The number of rotatable bonds is 5. The molecule has 2 aromatic heterocycles. The van der Waals surface area contributed by atoms with Gasteiger partial charge in [-0.15, -0.1) is 21.5 Å². The van der Waals surface area contributed by atoms with Crippen LogP contribution in [0.3, 0.4) is 0 Å². The molecule has 9 heteroatoms. The van der Waals surface area contributed by atoms with Gasteiger partial charge in [0.05, 0.1) is 18.0 Å². The lowest BCUT2D eigenvalue weighted by Crippen LogP contribution is -2.20. The Morgan fingerprint density at radius 2 is 2.21 bits per heavy atom. The summed E-state index contributed by atoms with van der Waals surface area (Å²) in [7, 11) is -2.37. The van der Waals surface area contributed by atoms with E-state index in [9.17, 15) is 8.42 Å². The molecule has 2 heterocycles. The molecule has 0 radical (unpaired) electrons. The van der Waals surface area contributed by atoms with Gasteiger partial charge in [-0.2, -0.15) is 0 Å². The number of hydrogen-bond donors (Lipinski definition) is 1. The van der Waals surface area contributed by atoms with Crippen LogP contribution in [0.4, 0.5) is 0 Å². The van der Waals surface area contributed by atoms with Crippen LogP contribution < -0.4 is 5.14 Å². The first-order chi connectivity index (χ1) is 8.95. The predicted molar refractivity (Wildman–Crippen MR) is 71.3 cm³/mol. The van der Waals surface area contributed by atoms with Crippen LogP contribution in [-0.4, -0.2) is 36.9 Å². The van der Waals surface area contributed by atoms with E-state index in [1.54, 1.807) is 0 Å². The Hall–Kier alpha value is -1.29. The topological polar surface area (TPSA) is 100 Å². The highest BCUT2D eigenvalue weighted by Crippen LogP contribution is 2.28. The van der Waals surface area contributed by atoms with Crippen molar-refractivity contribution >= 4 is 21.4 Å². The third kappa shape index (κ3) is 2.84. The Kier molecular flexibility index (Phi) is 3.99. The first-order valence-electron chi connectivity index (χ1n) is 5.44. The minimum atomic E-state index is -3.91. The average Bonchev–Trinajstić information content (AvgIpc) is 2.90. The van der Waals surface area contributed by atoms with Crippen molar-refractivity contribution in [2.45, 2.75) is 18.6 Å². The van der Waals surface area contributed by atoms with Gasteiger partial charge in [-0.05, 0) is 23.9 Å². The molecule has 0 bridgehead atoms. The van der Waals surface area contributed by atoms with Crippen molar-refractivity contribution in [2.24, 2.45) is 5.14 Å². The molecule has 0 aliphatic rings. The lowest BCUT2D eigenvalue weighted by atomic mass is 10.3. The summed E-state index contributed by atoms with van der Waals surface area (Å²) in [6.07, 6.45) is 0. The molecule has 0 saturated carbocycles. The van der Waals surface area contributed by atoms with E-state index in [0.717, 1.165) is 10.4 Å². The van der Waals surface area contributed by atoms with Crippen molar-refractivity contribution in [2.75, 3.05) is 13.7 Å². The van der Waals surface area contributed by atoms with E-state index >= 15 is 0 Å². The van der Waals surface area contributed by atoms with Gasteiger partial charge >= 0.3 is 0 Å². The number of nitrogens with zero attached hydrogens (tertiary/aromatic N) is 3. The number of primary sulfonamides is 1. The number of thiophene rings is 1. The van der Waals surface area contributed by atoms with E-state index in [-0.39, 0.29) is 5.16 Å². The Bertz CT molecular complexity index is 675. The molecule has 0 aliphatic carbocycles. The summed E-state index contributed by atoms with van der Waals surface area (Å²) >= 11 is 1.47. The second-order valence-electron chi connectivity index (χ2n) is 3.93. The molecule has 0 unspecified atom stereocenters. The predicted octanol–water partition coefficient (Wildman–Crippen LogP) is 0.609. The zero-order valence-corrected chi connectivity index (χ0v) is 12.2.